The topological polar surface area (TPSA) is 67.2 Å². The van der Waals surface area contributed by atoms with Gasteiger partial charge >= 0.3 is 0 Å². The normalized spacial score (nSPS) is 9.84. The van der Waals surface area contributed by atoms with Crippen molar-refractivity contribution in [2.75, 3.05) is 19.5 Å². The van der Waals surface area contributed by atoms with E-state index in [9.17, 15) is 9.65 Å². The summed E-state index contributed by atoms with van der Waals surface area (Å²) < 4.78 is 24.4. The lowest BCUT2D eigenvalue weighted by Gasteiger charge is -2.14. The lowest BCUT2D eigenvalue weighted by atomic mass is 10.1. The summed E-state index contributed by atoms with van der Waals surface area (Å²) in [6, 6.07) is 12.0. The first-order valence-corrected chi connectivity index (χ1v) is 7.14. The second-order valence-corrected chi connectivity index (χ2v) is 4.99. The minimum Gasteiger partial charge on any atom is -0.493 e. The molecule has 1 heterocycles. The molecule has 3 aromatic rings. The van der Waals surface area contributed by atoms with Crippen LogP contribution in [0, 0.1) is 17.1 Å². The van der Waals surface area contributed by atoms with Crippen LogP contribution in [-0.2, 0) is 0 Å². The molecule has 0 spiro atoms. The van der Waals surface area contributed by atoms with E-state index in [4.69, 9.17) is 9.47 Å². The molecule has 0 saturated heterocycles. The van der Waals surface area contributed by atoms with E-state index >= 15 is 0 Å². The number of methoxy groups -OCH3 is 2. The molecule has 25 heavy (non-hydrogen) atoms. The molecule has 1 aromatic heterocycles. The van der Waals surface area contributed by atoms with Gasteiger partial charge in [-0.15, -0.1) is 12.4 Å². The number of rotatable bonds is 4. The van der Waals surface area contributed by atoms with Gasteiger partial charge in [-0.25, -0.2) is 4.39 Å². The van der Waals surface area contributed by atoms with Gasteiger partial charge in [-0.2, -0.15) is 5.26 Å². The minimum absolute atomic E-state index is 0. The fourth-order valence-corrected chi connectivity index (χ4v) is 2.46. The maximum absolute atomic E-state index is 13.9. The number of benzene rings is 2. The second-order valence-electron chi connectivity index (χ2n) is 4.99. The Morgan fingerprint density at radius 2 is 1.88 bits per heavy atom. The summed E-state index contributed by atoms with van der Waals surface area (Å²) in [6.45, 7) is 0. The van der Waals surface area contributed by atoms with Gasteiger partial charge in [0.2, 0.25) is 0 Å². The van der Waals surface area contributed by atoms with Crippen molar-refractivity contribution in [2.45, 2.75) is 0 Å². The molecule has 0 amide bonds. The third-order valence-corrected chi connectivity index (χ3v) is 3.62. The molecule has 0 aliphatic rings. The number of nitrogens with zero attached hydrogens (tertiary/aromatic N) is 2. The van der Waals surface area contributed by atoms with E-state index in [0.717, 1.165) is 0 Å². The largest absolute Gasteiger partial charge is 0.493 e. The number of anilines is 2. The van der Waals surface area contributed by atoms with Crippen LogP contribution in [0.1, 0.15) is 5.56 Å². The van der Waals surface area contributed by atoms with Crippen LogP contribution in [0.5, 0.6) is 11.5 Å². The SMILES string of the molecule is COc1ccc(Nc2c(C#N)cnc3c(F)cccc23)cc1OC.Cl. The van der Waals surface area contributed by atoms with Gasteiger partial charge in [0.1, 0.15) is 17.4 Å². The molecule has 0 fully saturated rings. The zero-order valence-electron chi connectivity index (χ0n) is 13.5. The molecular formula is C18H15ClFN3O2. The van der Waals surface area contributed by atoms with Crippen LogP contribution < -0.4 is 14.8 Å². The second kappa shape index (κ2) is 7.69. The van der Waals surface area contributed by atoms with Crippen LogP contribution >= 0.6 is 12.4 Å². The van der Waals surface area contributed by atoms with Gasteiger partial charge in [0.25, 0.3) is 0 Å². The summed E-state index contributed by atoms with van der Waals surface area (Å²) in [5.74, 6) is 0.701. The smallest absolute Gasteiger partial charge is 0.162 e. The number of nitrogens with one attached hydrogen (secondary N) is 1. The van der Waals surface area contributed by atoms with Gasteiger partial charge in [-0.3, -0.25) is 4.98 Å². The Kier molecular flexibility index (Phi) is 5.63. The Bertz CT molecular complexity index is 957. The lowest BCUT2D eigenvalue weighted by Crippen LogP contribution is -1.99. The first-order chi connectivity index (χ1) is 11.7. The first-order valence-electron chi connectivity index (χ1n) is 7.14. The number of para-hydroxylation sites is 1. The van der Waals surface area contributed by atoms with Gasteiger partial charge in [-0.1, -0.05) is 12.1 Å². The Morgan fingerprint density at radius 1 is 1.12 bits per heavy atom. The van der Waals surface area contributed by atoms with Crippen molar-refractivity contribution in [3.8, 4) is 17.6 Å². The average molecular weight is 360 g/mol. The van der Waals surface area contributed by atoms with Crippen LogP contribution in [0.2, 0.25) is 0 Å². The summed E-state index contributed by atoms with van der Waals surface area (Å²) in [6.07, 6.45) is 1.36. The fourth-order valence-electron chi connectivity index (χ4n) is 2.46. The van der Waals surface area contributed by atoms with Crippen molar-refractivity contribution in [1.29, 1.82) is 5.26 Å². The summed E-state index contributed by atoms with van der Waals surface area (Å²) >= 11 is 0. The van der Waals surface area contributed by atoms with E-state index < -0.39 is 5.82 Å². The molecule has 0 aliphatic heterocycles. The summed E-state index contributed by atoms with van der Waals surface area (Å²) in [5.41, 5.74) is 1.71. The van der Waals surface area contributed by atoms with E-state index in [0.29, 0.717) is 33.8 Å². The van der Waals surface area contributed by atoms with Gasteiger partial charge in [-0.05, 0) is 18.2 Å². The molecule has 0 aliphatic carbocycles. The fraction of sp³-hybridized carbons (Fsp3) is 0.111. The highest BCUT2D eigenvalue weighted by atomic mass is 35.5. The van der Waals surface area contributed by atoms with Gasteiger partial charge in [0, 0.05) is 23.3 Å². The summed E-state index contributed by atoms with van der Waals surface area (Å²) in [4.78, 5) is 4.03. The molecule has 7 heteroatoms. The number of ether oxygens (including phenoxy) is 2. The average Bonchev–Trinajstić information content (AvgIpc) is 2.62. The molecule has 2 aromatic carbocycles. The highest BCUT2D eigenvalue weighted by Crippen LogP contribution is 2.34. The van der Waals surface area contributed by atoms with E-state index in [2.05, 4.69) is 16.4 Å². The molecule has 5 nitrogen and oxygen atoms in total. The predicted molar refractivity (Wildman–Crippen MR) is 96.5 cm³/mol. The Hall–Kier alpha value is -3.04. The third kappa shape index (κ3) is 3.42. The Labute approximate surface area is 150 Å². The van der Waals surface area contributed by atoms with Gasteiger partial charge < -0.3 is 14.8 Å². The van der Waals surface area contributed by atoms with E-state index in [1.807, 2.05) is 0 Å². The molecule has 0 saturated carbocycles. The van der Waals surface area contributed by atoms with Crippen molar-refractivity contribution in [3.05, 3.63) is 54.0 Å². The highest BCUT2D eigenvalue weighted by Gasteiger charge is 2.13. The van der Waals surface area contributed by atoms with Crippen molar-refractivity contribution in [3.63, 3.8) is 0 Å². The maximum atomic E-state index is 13.9. The van der Waals surface area contributed by atoms with Crippen molar-refractivity contribution >= 4 is 34.7 Å². The summed E-state index contributed by atoms with van der Waals surface area (Å²) in [7, 11) is 3.09. The number of hydrogen-bond acceptors (Lipinski definition) is 5. The molecular weight excluding hydrogens is 345 g/mol. The number of hydrogen-bond donors (Lipinski definition) is 1. The van der Waals surface area contributed by atoms with Crippen molar-refractivity contribution < 1.29 is 13.9 Å². The molecule has 0 unspecified atom stereocenters. The minimum atomic E-state index is -0.438. The molecule has 0 radical (unpaired) electrons. The number of aromatic nitrogens is 1. The maximum Gasteiger partial charge on any atom is 0.162 e. The molecule has 128 valence electrons. The van der Waals surface area contributed by atoms with Crippen LogP contribution in [0.4, 0.5) is 15.8 Å². The number of pyridine rings is 1. The van der Waals surface area contributed by atoms with Gasteiger partial charge in [0.05, 0.1) is 25.5 Å². The third-order valence-electron chi connectivity index (χ3n) is 3.62. The van der Waals surface area contributed by atoms with Crippen LogP contribution in [-0.4, -0.2) is 19.2 Å². The highest BCUT2D eigenvalue weighted by molar-refractivity contribution is 5.96. The zero-order chi connectivity index (χ0) is 17.1. The molecule has 0 bridgehead atoms. The van der Waals surface area contributed by atoms with Crippen LogP contribution in [0.25, 0.3) is 10.9 Å². The zero-order valence-corrected chi connectivity index (χ0v) is 14.4. The van der Waals surface area contributed by atoms with E-state index in [1.165, 1.54) is 12.3 Å². The Balaban J connectivity index is 0.00000225. The predicted octanol–water partition coefficient (Wildman–Crippen LogP) is 4.43. The van der Waals surface area contributed by atoms with Crippen LogP contribution in [0.15, 0.2) is 42.6 Å². The van der Waals surface area contributed by atoms with Gasteiger partial charge in [0.15, 0.2) is 11.5 Å². The Morgan fingerprint density at radius 3 is 2.56 bits per heavy atom. The van der Waals surface area contributed by atoms with E-state index in [-0.39, 0.29) is 17.9 Å². The van der Waals surface area contributed by atoms with Crippen molar-refractivity contribution in [2.24, 2.45) is 0 Å². The quantitative estimate of drug-likeness (QED) is 0.746. The number of fused-ring (bicyclic) bond motifs is 1. The van der Waals surface area contributed by atoms with Crippen molar-refractivity contribution in [1.82, 2.24) is 4.98 Å². The first kappa shape index (κ1) is 18.3. The number of halogens is 2. The summed E-state index contributed by atoms with van der Waals surface area (Å²) in [5, 5.41) is 13.0. The molecule has 1 N–H and O–H groups in total. The van der Waals surface area contributed by atoms with E-state index in [1.54, 1.807) is 44.6 Å². The lowest BCUT2D eigenvalue weighted by molar-refractivity contribution is 0.355. The standard InChI is InChI=1S/C18H14FN3O2.ClH/c1-23-15-7-6-12(8-16(15)24-2)22-17-11(9-20)10-21-18-13(17)4-3-5-14(18)19;/h3-8,10H,1-2H3,(H,21,22);1H. The monoisotopic (exact) mass is 359 g/mol. The van der Waals surface area contributed by atoms with Crippen LogP contribution in [0.3, 0.4) is 0 Å². The molecule has 0 atom stereocenters. The number of nitriles is 1. The molecule has 3 rings (SSSR count).